The SMILES string of the molecule is Cc1ccc(OC(C)C(=O)NC2CCN(Cc3ccccn3)CC2)c(Br)c1. The molecule has 1 aromatic carbocycles. The lowest BCUT2D eigenvalue weighted by Gasteiger charge is -2.32. The average molecular weight is 432 g/mol. The highest BCUT2D eigenvalue weighted by molar-refractivity contribution is 9.10. The highest BCUT2D eigenvalue weighted by Crippen LogP contribution is 2.26. The summed E-state index contributed by atoms with van der Waals surface area (Å²) in [5.41, 5.74) is 2.23. The molecule has 144 valence electrons. The number of pyridine rings is 1. The van der Waals surface area contributed by atoms with Crippen molar-refractivity contribution in [3.63, 3.8) is 0 Å². The van der Waals surface area contributed by atoms with Crippen molar-refractivity contribution in [2.45, 2.75) is 45.4 Å². The number of amides is 1. The Kier molecular flexibility index (Phi) is 6.85. The molecule has 1 atom stereocenters. The Morgan fingerprint density at radius 1 is 1.33 bits per heavy atom. The summed E-state index contributed by atoms with van der Waals surface area (Å²) in [6, 6.07) is 12.0. The maximum atomic E-state index is 12.5. The standard InChI is InChI=1S/C21H26BrN3O2/c1-15-6-7-20(19(22)13-15)27-16(2)21(26)24-17-8-11-25(12-9-17)14-18-5-3-4-10-23-18/h3-7,10,13,16-17H,8-9,11-12,14H2,1-2H3,(H,24,26). The lowest BCUT2D eigenvalue weighted by atomic mass is 10.0. The highest BCUT2D eigenvalue weighted by Gasteiger charge is 2.24. The molecule has 1 saturated heterocycles. The molecule has 0 saturated carbocycles. The van der Waals surface area contributed by atoms with Crippen LogP contribution >= 0.6 is 15.9 Å². The summed E-state index contributed by atoms with van der Waals surface area (Å²) in [6.45, 7) is 6.59. The fourth-order valence-electron chi connectivity index (χ4n) is 3.22. The molecule has 6 heteroatoms. The summed E-state index contributed by atoms with van der Waals surface area (Å²) < 4.78 is 6.69. The lowest BCUT2D eigenvalue weighted by molar-refractivity contribution is -0.128. The summed E-state index contributed by atoms with van der Waals surface area (Å²) in [6.07, 6.45) is 3.19. The first-order valence-electron chi connectivity index (χ1n) is 9.36. The van der Waals surface area contributed by atoms with Gasteiger partial charge in [-0.2, -0.15) is 0 Å². The number of benzene rings is 1. The molecule has 1 aromatic heterocycles. The Balaban J connectivity index is 1.44. The topological polar surface area (TPSA) is 54.5 Å². The summed E-state index contributed by atoms with van der Waals surface area (Å²) in [5.74, 6) is 0.624. The number of aryl methyl sites for hydroxylation is 1. The van der Waals surface area contributed by atoms with Crippen LogP contribution in [0.4, 0.5) is 0 Å². The van der Waals surface area contributed by atoms with Crippen LogP contribution < -0.4 is 10.1 Å². The molecule has 2 heterocycles. The summed E-state index contributed by atoms with van der Waals surface area (Å²) in [4.78, 5) is 19.3. The van der Waals surface area contributed by atoms with E-state index in [0.29, 0.717) is 5.75 Å². The van der Waals surface area contributed by atoms with E-state index in [1.54, 1.807) is 6.92 Å². The summed E-state index contributed by atoms with van der Waals surface area (Å²) in [5, 5.41) is 3.13. The molecule has 1 fully saturated rings. The largest absolute Gasteiger partial charge is 0.480 e. The van der Waals surface area contributed by atoms with E-state index in [1.807, 2.05) is 43.5 Å². The molecule has 1 amide bonds. The minimum absolute atomic E-state index is 0.0642. The van der Waals surface area contributed by atoms with Crippen molar-refractivity contribution in [2.24, 2.45) is 0 Å². The summed E-state index contributed by atoms with van der Waals surface area (Å²) >= 11 is 3.49. The fraction of sp³-hybridized carbons (Fsp3) is 0.429. The van der Waals surface area contributed by atoms with E-state index < -0.39 is 6.10 Å². The Morgan fingerprint density at radius 3 is 2.78 bits per heavy atom. The second kappa shape index (κ2) is 9.33. The van der Waals surface area contributed by atoms with Crippen LogP contribution in [0.1, 0.15) is 31.0 Å². The van der Waals surface area contributed by atoms with Gasteiger partial charge in [-0.15, -0.1) is 0 Å². The van der Waals surface area contributed by atoms with Gasteiger partial charge in [-0.05, 0) is 72.4 Å². The third-order valence-corrected chi connectivity index (χ3v) is 5.43. The number of hydrogen-bond donors (Lipinski definition) is 1. The molecule has 3 rings (SSSR count). The third kappa shape index (κ3) is 5.78. The maximum Gasteiger partial charge on any atom is 0.260 e. The van der Waals surface area contributed by atoms with Crippen molar-refractivity contribution in [1.82, 2.24) is 15.2 Å². The van der Waals surface area contributed by atoms with E-state index in [2.05, 4.69) is 37.2 Å². The van der Waals surface area contributed by atoms with Crippen molar-refractivity contribution in [2.75, 3.05) is 13.1 Å². The smallest absolute Gasteiger partial charge is 0.260 e. The molecule has 1 aliphatic rings. The number of likely N-dealkylation sites (tertiary alicyclic amines) is 1. The van der Waals surface area contributed by atoms with Crippen molar-refractivity contribution in [1.29, 1.82) is 0 Å². The predicted molar refractivity (Wildman–Crippen MR) is 110 cm³/mol. The first-order valence-corrected chi connectivity index (χ1v) is 10.2. The quantitative estimate of drug-likeness (QED) is 0.757. The van der Waals surface area contributed by atoms with Gasteiger partial charge in [0.15, 0.2) is 6.10 Å². The zero-order valence-corrected chi connectivity index (χ0v) is 17.4. The zero-order valence-electron chi connectivity index (χ0n) is 15.8. The van der Waals surface area contributed by atoms with Gasteiger partial charge in [-0.3, -0.25) is 14.7 Å². The number of halogens is 1. The van der Waals surface area contributed by atoms with Gasteiger partial charge in [0.1, 0.15) is 5.75 Å². The molecular formula is C21H26BrN3O2. The molecule has 0 radical (unpaired) electrons. The van der Waals surface area contributed by atoms with E-state index in [9.17, 15) is 4.79 Å². The second-order valence-electron chi connectivity index (χ2n) is 7.07. The van der Waals surface area contributed by atoms with Crippen molar-refractivity contribution in [3.8, 4) is 5.75 Å². The number of rotatable bonds is 6. The molecule has 1 N–H and O–H groups in total. The van der Waals surface area contributed by atoms with Crippen molar-refractivity contribution in [3.05, 3.63) is 58.3 Å². The number of carbonyl (C=O) groups is 1. The molecule has 0 bridgehead atoms. The van der Waals surface area contributed by atoms with Gasteiger partial charge in [0.2, 0.25) is 0 Å². The molecule has 0 spiro atoms. The predicted octanol–water partition coefficient (Wildman–Crippen LogP) is 3.70. The maximum absolute atomic E-state index is 12.5. The number of nitrogens with zero attached hydrogens (tertiary/aromatic N) is 2. The molecule has 0 aliphatic carbocycles. The fourth-order valence-corrected chi connectivity index (χ4v) is 3.81. The zero-order chi connectivity index (χ0) is 19.2. The van der Waals surface area contributed by atoms with Gasteiger partial charge < -0.3 is 10.1 Å². The number of aromatic nitrogens is 1. The van der Waals surface area contributed by atoms with Crippen LogP contribution in [-0.2, 0) is 11.3 Å². The van der Waals surface area contributed by atoms with E-state index in [0.717, 1.165) is 48.2 Å². The number of carbonyl (C=O) groups excluding carboxylic acids is 1. The molecule has 1 unspecified atom stereocenters. The van der Waals surface area contributed by atoms with Crippen LogP contribution in [0, 0.1) is 6.92 Å². The minimum atomic E-state index is -0.532. The number of nitrogens with one attached hydrogen (secondary N) is 1. The Hall–Kier alpha value is -1.92. The first kappa shape index (κ1) is 19.8. The number of hydrogen-bond acceptors (Lipinski definition) is 4. The van der Waals surface area contributed by atoms with Gasteiger partial charge in [-0.25, -0.2) is 0 Å². The van der Waals surface area contributed by atoms with Crippen molar-refractivity contribution >= 4 is 21.8 Å². The second-order valence-corrected chi connectivity index (χ2v) is 7.93. The van der Waals surface area contributed by atoms with Crippen LogP contribution in [-0.4, -0.2) is 41.0 Å². The van der Waals surface area contributed by atoms with Gasteiger partial charge in [0, 0.05) is 31.9 Å². The molecule has 2 aromatic rings. The molecule has 5 nitrogen and oxygen atoms in total. The van der Waals surface area contributed by atoms with E-state index in [-0.39, 0.29) is 11.9 Å². The Labute approximate surface area is 169 Å². The number of piperidine rings is 1. The van der Waals surface area contributed by atoms with E-state index in [1.165, 1.54) is 0 Å². The minimum Gasteiger partial charge on any atom is -0.480 e. The first-order chi connectivity index (χ1) is 13.0. The monoisotopic (exact) mass is 431 g/mol. The number of ether oxygens (including phenoxy) is 1. The summed E-state index contributed by atoms with van der Waals surface area (Å²) in [7, 11) is 0. The van der Waals surface area contributed by atoms with Crippen LogP contribution in [0.2, 0.25) is 0 Å². The highest BCUT2D eigenvalue weighted by atomic mass is 79.9. The van der Waals surface area contributed by atoms with Gasteiger partial charge in [-0.1, -0.05) is 12.1 Å². The van der Waals surface area contributed by atoms with Gasteiger partial charge in [0.25, 0.3) is 5.91 Å². The van der Waals surface area contributed by atoms with E-state index >= 15 is 0 Å². The van der Waals surface area contributed by atoms with E-state index in [4.69, 9.17) is 4.74 Å². The normalized spacial score (nSPS) is 16.7. The van der Waals surface area contributed by atoms with Crippen molar-refractivity contribution < 1.29 is 9.53 Å². The molecule has 1 aliphatic heterocycles. The van der Waals surface area contributed by atoms with Crippen LogP contribution in [0.15, 0.2) is 47.1 Å². The molecular weight excluding hydrogens is 406 g/mol. The lowest BCUT2D eigenvalue weighted by Crippen LogP contribution is -2.47. The molecule has 27 heavy (non-hydrogen) atoms. The average Bonchev–Trinajstić information content (AvgIpc) is 2.66. The Bertz CT molecular complexity index is 761. The van der Waals surface area contributed by atoms with Crippen LogP contribution in [0.3, 0.4) is 0 Å². The van der Waals surface area contributed by atoms with Gasteiger partial charge >= 0.3 is 0 Å². The van der Waals surface area contributed by atoms with Gasteiger partial charge in [0.05, 0.1) is 10.2 Å². The van der Waals surface area contributed by atoms with Crippen LogP contribution in [0.25, 0.3) is 0 Å². The Morgan fingerprint density at radius 2 is 2.11 bits per heavy atom. The third-order valence-electron chi connectivity index (χ3n) is 4.81. The van der Waals surface area contributed by atoms with Crippen LogP contribution in [0.5, 0.6) is 5.75 Å².